The number of piperazine rings is 1. The molecule has 2 amide bonds. The summed E-state index contributed by atoms with van der Waals surface area (Å²) >= 11 is 0. The lowest BCUT2D eigenvalue weighted by atomic mass is 10.1. The normalized spacial score (nSPS) is 20.4. The number of hydrogen-bond donors (Lipinski definition) is 1. The fourth-order valence-corrected chi connectivity index (χ4v) is 2.13. The van der Waals surface area contributed by atoms with Gasteiger partial charge in [-0.1, -0.05) is 0 Å². The van der Waals surface area contributed by atoms with E-state index in [0.717, 1.165) is 0 Å². The second kappa shape index (κ2) is 5.40. The number of nitrogens with one attached hydrogen (secondary N) is 1. The van der Waals surface area contributed by atoms with Crippen molar-refractivity contribution in [3.8, 4) is 0 Å². The molecule has 19 heavy (non-hydrogen) atoms. The van der Waals surface area contributed by atoms with Crippen LogP contribution in [0.2, 0.25) is 0 Å². The van der Waals surface area contributed by atoms with E-state index in [9.17, 15) is 9.59 Å². The molecule has 1 aliphatic rings. The number of carbonyl (C=O) groups is 2. The van der Waals surface area contributed by atoms with Crippen molar-refractivity contribution in [1.29, 1.82) is 0 Å². The fraction of sp³-hybridized carbons (Fsp3) is 0.583. The summed E-state index contributed by atoms with van der Waals surface area (Å²) in [6, 6.07) is -0.323. The third-order valence-electron chi connectivity index (χ3n) is 3.32. The number of oxazole rings is 1. The lowest BCUT2D eigenvalue weighted by Gasteiger charge is -2.37. The van der Waals surface area contributed by atoms with Gasteiger partial charge in [0.1, 0.15) is 12.3 Å². The van der Waals surface area contributed by atoms with Crippen LogP contribution in [0.25, 0.3) is 0 Å². The van der Waals surface area contributed by atoms with E-state index in [0.29, 0.717) is 25.5 Å². The van der Waals surface area contributed by atoms with Crippen molar-refractivity contribution in [3.63, 3.8) is 0 Å². The fourth-order valence-electron chi connectivity index (χ4n) is 2.13. The highest BCUT2D eigenvalue weighted by Gasteiger charge is 2.32. The van der Waals surface area contributed by atoms with Crippen LogP contribution in [0.4, 0.5) is 0 Å². The summed E-state index contributed by atoms with van der Waals surface area (Å²) in [5.74, 6) is 0.176. The maximum absolute atomic E-state index is 12.2. The van der Waals surface area contributed by atoms with Crippen molar-refractivity contribution in [3.05, 3.63) is 17.8 Å². The summed E-state index contributed by atoms with van der Waals surface area (Å²) in [5.41, 5.74) is 0.290. The number of likely N-dealkylation sites (N-methyl/N-ethyl adjacent to an activating group) is 2. The zero-order chi connectivity index (χ0) is 14.0. The van der Waals surface area contributed by atoms with Gasteiger partial charge in [-0.3, -0.25) is 14.5 Å². The van der Waals surface area contributed by atoms with Crippen LogP contribution in [-0.4, -0.2) is 66.4 Å². The molecule has 0 spiro atoms. The van der Waals surface area contributed by atoms with E-state index in [1.165, 1.54) is 6.26 Å². The first-order valence-electron chi connectivity index (χ1n) is 6.16. The number of nitrogens with zero attached hydrogens (tertiary/aromatic N) is 3. The second-order valence-corrected chi connectivity index (χ2v) is 4.61. The van der Waals surface area contributed by atoms with E-state index in [4.69, 9.17) is 4.42 Å². The third kappa shape index (κ3) is 2.76. The van der Waals surface area contributed by atoms with E-state index in [-0.39, 0.29) is 23.6 Å². The maximum atomic E-state index is 12.2. The summed E-state index contributed by atoms with van der Waals surface area (Å²) < 4.78 is 5.04. The van der Waals surface area contributed by atoms with Gasteiger partial charge in [-0.2, -0.15) is 0 Å². The first-order chi connectivity index (χ1) is 9.02. The predicted octanol–water partition coefficient (Wildman–Crippen LogP) is -0.515. The van der Waals surface area contributed by atoms with Gasteiger partial charge in [0.25, 0.3) is 5.91 Å². The third-order valence-corrected chi connectivity index (χ3v) is 3.32. The molecular formula is C12H18N4O3. The van der Waals surface area contributed by atoms with Crippen LogP contribution >= 0.6 is 0 Å². The Bertz CT molecular complexity index is 485. The molecule has 2 heterocycles. The molecule has 1 atom stereocenters. The molecule has 1 N–H and O–H groups in total. The van der Waals surface area contributed by atoms with Crippen molar-refractivity contribution in [2.45, 2.75) is 13.0 Å². The highest BCUT2D eigenvalue weighted by molar-refractivity contribution is 5.93. The second-order valence-electron chi connectivity index (χ2n) is 4.61. The number of rotatable bonds is 2. The smallest absolute Gasteiger partial charge is 0.275 e. The van der Waals surface area contributed by atoms with Gasteiger partial charge >= 0.3 is 0 Å². The van der Waals surface area contributed by atoms with E-state index in [2.05, 4.69) is 10.3 Å². The molecule has 7 heteroatoms. The van der Waals surface area contributed by atoms with Gasteiger partial charge < -0.3 is 14.6 Å². The average Bonchev–Trinajstić information content (AvgIpc) is 2.84. The topological polar surface area (TPSA) is 78.7 Å². The molecular weight excluding hydrogens is 248 g/mol. The molecule has 1 aliphatic heterocycles. The predicted molar refractivity (Wildman–Crippen MR) is 67.6 cm³/mol. The minimum absolute atomic E-state index is 0.0867. The molecule has 104 valence electrons. The van der Waals surface area contributed by atoms with Gasteiger partial charge in [0, 0.05) is 33.6 Å². The Morgan fingerprint density at radius 2 is 2.21 bits per heavy atom. The highest BCUT2D eigenvalue weighted by Crippen LogP contribution is 2.12. The van der Waals surface area contributed by atoms with Crippen LogP contribution in [-0.2, 0) is 4.79 Å². The van der Waals surface area contributed by atoms with Crippen molar-refractivity contribution in [2.24, 2.45) is 0 Å². The Labute approximate surface area is 111 Å². The highest BCUT2D eigenvalue weighted by atomic mass is 16.3. The molecule has 0 bridgehead atoms. The Balaban J connectivity index is 2.09. The molecule has 1 fully saturated rings. The van der Waals surface area contributed by atoms with Gasteiger partial charge in [-0.05, 0) is 7.05 Å². The van der Waals surface area contributed by atoms with Crippen molar-refractivity contribution in [1.82, 2.24) is 20.1 Å². The Kier molecular flexibility index (Phi) is 3.84. The van der Waals surface area contributed by atoms with Crippen LogP contribution < -0.4 is 5.32 Å². The van der Waals surface area contributed by atoms with Gasteiger partial charge in [-0.15, -0.1) is 0 Å². The first-order valence-corrected chi connectivity index (χ1v) is 6.16. The van der Waals surface area contributed by atoms with Crippen LogP contribution in [0.3, 0.4) is 0 Å². The molecule has 0 aliphatic carbocycles. The van der Waals surface area contributed by atoms with Crippen molar-refractivity contribution < 1.29 is 14.0 Å². The number of aromatic nitrogens is 1. The largest absolute Gasteiger partial charge is 0.448 e. The summed E-state index contributed by atoms with van der Waals surface area (Å²) in [4.78, 5) is 31.6. The lowest BCUT2D eigenvalue weighted by molar-refractivity contribution is -0.127. The zero-order valence-corrected chi connectivity index (χ0v) is 11.3. The van der Waals surface area contributed by atoms with E-state index >= 15 is 0 Å². The lowest BCUT2D eigenvalue weighted by Crippen LogP contribution is -2.58. The molecule has 0 aromatic carbocycles. The molecule has 1 unspecified atom stereocenters. The Morgan fingerprint density at radius 1 is 1.47 bits per heavy atom. The quantitative estimate of drug-likeness (QED) is 0.779. The molecule has 1 aromatic rings. The number of aryl methyl sites for hydroxylation is 1. The van der Waals surface area contributed by atoms with Crippen molar-refractivity contribution in [2.75, 3.05) is 33.7 Å². The van der Waals surface area contributed by atoms with Gasteiger partial charge in [-0.25, -0.2) is 4.98 Å². The molecule has 1 saturated heterocycles. The van der Waals surface area contributed by atoms with Gasteiger partial charge in [0.2, 0.25) is 5.91 Å². The minimum Gasteiger partial charge on any atom is -0.448 e. The molecule has 7 nitrogen and oxygen atoms in total. The molecule has 2 rings (SSSR count). The number of amides is 2. The van der Waals surface area contributed by atoms with Gasteiger partial charge in [0.05, 0.1) is 0 Å². The Hall–Kier alpha value is -1.89. The van der Waals surface area contributed by atoms with Gasteiger partial charge in [0.15, 0.2) is 11.6 Å². The average molecular weight is 266 g/mol. The summed E-state index contributed by atoms with van der Waals surface area (Å²) in [6.45, 7) is 3.28. The van der Waals surface area contributed by atoms with Crippen LogP contribution in [0.15, 0.2) is 10.7 Å². The SMILES string of the molecule is CNC(=O)C1CN(C(=O)c2coc(C)n2)CCN1C. The number of carbonyl (C=O) groups excluding carboxylic acids is 2. The van der Waals surface area contributed by atoms with Crippen LogP contribution in [0, 0.1) is 6.92 Å². The molecule has 0 radical (unpaired) electrons. The summed E-state index contributed by atoms with van der Waals surface area (Å²) in [5, 5.41) is 2.62. The summed E-state index contributed by atoms with van der Waals surface area (Å²) in [6.07, 6.45) is 1.35. The van der Waals surface area contributed by atoms with E-state index < -0.39 is 0 Å². The first kappa shape index (κ1) is 13.5. The zero-order valence-electron chi connectivity index (χ0n) is 11.3. The minimum atomic E-state index is -0.323. The molecule has 0 saturated carbocycles. The standard InChI is InChI=1S/C12H18N4O3/c1-8-14-9(7-19-8)12(18)16-5-4-15(3)10(6-16)11(17)13-2/h7,10H,4-6H2,1-3H3,(H,13,17). The molecule has 1 aromatic heterocycles. The van der Waals surface area contributed by atoms with Crippen LogP contribution in [0.1, 0.15) is 16.4 Å². The number of hydrogen-bond acceptors (Lipinski definition) is 5. The summed E-state index contributed by atoms with van der Waals surface area (Å²) in [7, 11) is 3.47. The van der Waals surface area contributed by atoms with Crippen molar-refractivity contribution >= 4 is 11.8 Å². The van der Waals surface area contributed by atoms with Crippen LogP contribution in [0.5, 0.6) is 0 Å². The monoisotopic (exact) mass is 266 g/mol. The van der Waals surface area contributed by atoms with E-state index in [1.54, 1.807) is 18.9 Å². The Morgan fingerprint density at radius 3 is 2.79 bits per heavy atom. The van der Waals surface area contributed by atoms with E-state index in [1.807, 2.05) is 11.9 Å². The maximum Gasteiger partial charge on any atom is 0.275 e.